The monoisotopic (exact) mass is 345 g/mol. The molecule has 0 aliphatic carbocycles. The third kappa shape index (κ3) is 4.79. The normalized spacial score (nSPS) is 11.6. The number of ether oxygens (including phenoxy) is 1. The molecule has 6 heteroatoms. The summed E-state index contributed by atoms with van der Waals surface area (Å²) in [5, 5.41) is 9.31. The minimum absolute atomic E-state index is 0.147. The van der Waals surface area contributed by atoms with E-state index in [1.54, 1.807) is 0 Å². The van der Waals surface area contributed by atoms with Crippen LogP contribution >= 0.6 is 0 Å². The predicted octanol–water partition coefficient (Wildman–Crippen LogP) is 2.88. The number of halogens is 1. The molecule has 0 fully saturated rings. The van der Waals surface area contributed by atoms with Gasteiger partial charge in [-0.25, -0.2) is 9.18 Å². The fourth-order valence-corrected chi connectivity index (χ4v) is 2.50. The largest absolute Gasteiger partial charge is 0.496 e. The van der Waals surface area contributed by atoms with Crippen LogP contribution in [0.3, 0.4) is 0 Å². The molecule has 0 radical (unpaired) electrons. The van der Waals surface area contributed by atoms with Gasteiger partial charge in [-0.3, -0.25) is 4.79 Å². The number of methoxy groups -OCH3 is 1. The van der Waals surface area contributed by atoms with Gasteiger partial charge in [-0.2, -0.15) is 0 Å². The molecule has 1 atom stereocenters. The lowest BCUT2D eigenvalue weighted by Gasteiger charge is -2.27. The zero-order valence-electron chi connectivity index (χ0n) is 14.1. The molecule has 0 aliphatic heterocycles. The number of hydrogen-bond donors (Lipinski definition) is 1. The second-order valence-corrected chi connectivity index (χ2v) is 5.65. The first-order chi connectivity index (χ1) is 11.9. The number of carbonyl (C=O) groups excluding carboxylic acids is 1. The molecule has 25 heavy (non-hydrogen) atoms. The molecule has 2 aromatic rings. The van der Waals surface area contributed by atoms with Crippen LogP contribution in [0.5, 0.6) is 5.75 Å². The van der Waals surface area contributed by atoms with Crippen molar-refractivity contribution in [2.75, 3.05) is 7.11 Å². The summed E-state index contributed by atoms with van der Waals surface area (Å²) in [6.07, 6.45) is -0.147. The van der Waals surface area contributed by atoms with Crippen molar-refractivity contribution < 1.29 is 23.8 Å². The number of benzene rings is 2. The molecular weight excluding hydrogens is 325 g/mol. The first-order valence-corrected chi connectivity index (χ1v) is 7.81. The van der Waals surface area contributed by atoms with E-state index in [4.69, 9.17) is 4.74 Å². The molecule has 0 spiro atoms. The summed E-state index contributed by atoms with van der Waals surface area (Å²) < 4.78 is 18.6. The number of carboxylic acids is 1. The smallest absolute Gasteiger partial charge is 0.326 e. The van der Waals surface area contributed by atoms with E-state index in [-0.39, 0.29) is 13.0 Å². The maximum absolute atomic E-state index is 13.5. The Hall–Kier alpha value is -2.89. The topological polar surface area (TPSA) is 66.8 Å². The summed E-state index contributed by atoms with van der Waals surface area (Å²) in [5.74, 6) is -1.61. The summed E-state index contributed by atoms with van der Waals surface area (Å²) in [6.45, 7) is 1.61. The van der Waals surface area contributed by atoms with E-state index in [2.05, 4.69) is 0 Å². The molecule has 1 N–H and O–H groups in total. The van der Waals surface area contributed by atoms with Crippen LogP contribution in [0.4, 0.5) is 4.39 Å². The van der Waals surface area contributed by atoms with Crippen molar-refractivity contribution in [1.82, 2.24) is 4.90 Å². The van der Waals surface area contributed by atoms with Gasteiger partial charge in [0, 0.05) is 12.1 Å². The molecule has 0 aliphatic rings. The fourth-order valence-electron chi connectivity index (χ4n) is 2.50. The van der Waals surface area contributed by atoms with Gasteiger partial charge in [0.15, 0.2) is 0 Å². The van der Waals surface area contributed by atoms with Crippen LogP contribution in [0.25, 0.3) is 0 Å². The van der Waals surface area contributed by atoms with E-state index in [9.17, 15) is 19.1 Å². The standard InChI is InChI=1S/C19H20FNO4/c1-13(19(23)24)21(12-14-6-4-3-5-7-14)18(22)11-15-10-16(20)8-9-17(15)25-2/h3-10,13H,11-12H2,1-2H3,(H,23,24). The van der Waals surface area contributed by atoms with E-state index in [0.29, 0.717) is 11.3 Å². The highest BCUT2D eigenvalue weighted by molar-refractivity contribution is 5.85. The van der Waals surface area contributed by atoms with Crippen LogP contribution in [-0.4, -0.2) is 35.0 Å². The van der Waals surface area contributed by atoms with Crippen molar-refractivity contribution in [3.05, 3.63) is 65.5 Å². The Kier molecular flexibility index (Phi) is 6.11. The minimum Gasteiger partial charge on any atom is -0.496 e. The molecule has 0 saturated heterocycles. The van der Waals surface area contributed by atoms with Crippen molar-refractivity contribution in [3.8, 4) is 5.75 Å². The fraction of sp³-hybridized carbons (Fsp3) is 0.263. The van der Waals surface area contributed by atoms with Crippen LogP contribution in [0.15, 0.2) is 48.5 Å². The van der Waals surface area contributed by atoms with Gasteiger partial charge in [0.2, 0.25) is 5.91 Å². The highest BCUT2D eigenvalue weighted by Gasteiger charge is 2.26. The Morgan fingerprint density at radius 2 is 1.88 bits per heavy atom. The van der Waals surface area contributed by atoms with E-state index < -0.39 is 23.7 Å². The van der Waals surface area contributed by atoms with Crippen LogP contribution in [0.2, 0.25) is 0 Å². The molecule has 0 aromatic heterocycles. The third-order valence-electron chi connectivity index (χ3n) is 3.93. The van der Waals surface area contributed by atoms with Gasteiger partial charge >= 0.3 is 5.97 Å². The lowest BCUT2D eigenvalue weighted by atomic mass is 10.1. The Labute approximate surface area is 145 Å². The second-order valence-electron chi connectivity index (χ2n) is 5.65. The SMILES string of the molecule is COc1ccc(F)cc1CC(=O)N(Cc1ccccc1)C(C)C(=O)O. The average Bonchev–Trinajstić information content (AvgIpc) is 2.60. The Bertz CT molecular complexity index is 748. The van der Waals surface area contributed by atoms with Crippen molar-refractivity contribution in [3.63, 3.8) is 0 Å². The Morgan fingerprint density at radius 1 is 1.20 bits per heavy atom. The molecule has 5 nitrogen and oxygen atoms in total. The van der Waals surface area contributed by atoms with Crippen molar-refractivity contribution in [1.29, 1.82) is 0 Å². The average molecular weight is 345 g/mol. The quantitative estimate of drug-likeness (QED) is 0.838. The van der Waals surface area contributed by atoms with Crippen molar-refractivity contribution in [2.45, 2.75) is 25.9 Å². The molecule has 2 rings (SSSR count). The molecular formula is C19H20FNO4. The zero-order chi connectivity index (χ0) is 18.4. The number of nitrogens with zero attached hydrogens (tertiary/aromatic N) is 1. The van der Waals surface area contributed by atoms with E-state index in [1.807, 2.05) is 30.3 Å². The molecule has 1 unspecified atom stereocenters. The maximum atomic E-state index is 13.5. The van der Waals surface area contributed by atoms with E-state index >= 15 is 0 Å². The lowest BCUT2D eigenvalue weighted by Crippen LogP contribution is -2.43. The van der Waals surface area contributed by atoms with Crippen LogP contribution < -0.4 is 4.74 Å². The minimum atomic E-state index is -1.10. The lowest BCUT2D eigenvalue weighted by molar-refractivity contribution is -0.149. The molecule has 1 amide bonds. The Balaban J connectivity index is 2.26. The number of amides is 1. The molecule has 0 bridgehead atoms. The number of aliphatic carboxylic acids is 1. The molecule has 2 aromatic carbocycles. The molecule has 0 heterocycles. The summed E-state index contributed by atoms with van der Waals surface area (Å²) in [4.78, 5) is 25.4. The number of carboxylic acid groups (broad SMARTS) is 1. The summed E-state index contributed by atoms with van der Waals surface area (Å²) in [7, 11) is 1.43. The highest BCUT2D eigenvalue weighted by atomic mass is 19.1. The first kappa shape index (κ1) is 18.4. The van der Waals surface area contributed by atoms with Gasteiger partial charge in [0.25, 0.3) is 0 Å². The number of hydrogen-bond acceptors (Lipinski definition) is 3. The van der Waals surface area contributed by atoms with E-state index in [1.165, 1.54) is 37.1 Å². The number of rotatable bonds is 7. The van der Waals surface area contributed by atoms with Gasteiger partial charge in [-0.1, -0.05) is 30.3 Å². The van der Waals surface area contributed by atoms with E-state index in [0.717, 1.165) is 5.56 Å². The van der Waals surface area contributed by atoms with Crippen LogP contribution in [-0.2, 0) is 22.6 Å². The highest BCUT2D eigenvalue weighted by Crippen LogP contribution is 2.21. The van der Waals surface area contributed by atoms with Gasteiger partial charge in [-0.15, -0.1) is 0 Å². The second kappa shape index (κ2) is 8.28. The molecule has 0 saturated carbocycles. The third-order valence-corrected chi connectivity index (χ3v) is 3.93. The van der Waals surface area contributed by atoms with Crippen molar-refractivity contribution in [2.24, 2.45) is 0 Å². The summed E-state index contributed by atoms with van der Waals surface area (Å²) in [5.41, 5.74) is 1.19. The maximum Gasteiger partial charge on any atom is 0.326 e. The Morgan fingerprint density at radius 3 is 2.48 bits per heavy atom. The predicted molar refractivity (Wildman–Crippen MR) is 90.7 cm³/mol. The van der Waals surface area contributed by atoms with Gasteiger partial charge < -0.3 is 14.7 Å². The first-order valence-electron chi connectivity index (χ1n) is 7.81. The summed E-state index contributed by atoms with van der Waals surface area (Å²) in [6, 6.07) is 12.0. The van der Waals surface area contributed by atoms with Crippen LogP contribution in [0.1, 0.15) is 18.1 Å². The molecule has 132 valence electrons. The van der Waals surface area contributed by atoms with Gasteiger partial charge in [0.05, 0.1) is 13.5 Å². The zero-order valence-corrected chi connectivity index (χ0v) is 14.1. The van der Waals surface area contributed by atoms with Crippen LogP contribution in [0, 0.1) is 5.82 Å². The van der Waals surface area contributed by atoms with Gasteiger partial charge in [-0.05, 0) is 30.7 Å². The summed E-state index contributed by atoms with van der Waals surface area (Å²) >= 11 is 0. The van der Waals surface area contributed by atoms with Crippen molar-refractivity contribution >= 4 is 11.9 Å². The van der Waals surface area contributed by atoms with Gasteiger partial charge in [0.1, 0.15) is 17.6 Å². The number of carbonyl (C=O) groups is 2.